The predicted octanol–water partition coefficient (Wildman–Crippen LogP) is 5.16. The summed E-state index contributed by atoms with van der Waals surface area (Å²) in [5, 5.41) is 2.45. The van der Waals surface area contributed by atoms with E-state index in [9.17, 15) is 4.79 Å². The molecule has 0 bridgehead atoms. The molecule has 0 saturated carbocycles. The van der Waals surface area contributed by atoms with Crippen molar-refractivity contribution in [2.24, 2.45) is 0 Å². The van der Waals surface area contributed by atoms with Gasteiger partial charge in [-0.2, -0.15) is 0 Å². The molecule has 5 rings (SSSR count). The monoisotopic (exact) mass is 342 g/mol. The lowest BCUT2D eigenvalue weighted by Crippen LogP contribution is -2.09. The third-order valence-electron chi connectivity index (χ3n) is 6.01. The van der Waals surface area contributed by atoms with E-state index >= 15 is 0 Å². The molecule has 2 aromatic carbocycles. The van der Waals surface area contributed by atoms with Crippen molar-refractivity contribution in [2.75, 3.05) is 0 Å². The van der Waals surface area contributed by atoms with Gasteiger partial charge >= 0.3 is 0 Å². The van der Waals surface area contributed by atoms with E-state index in [4.69, 9.17) is 0 Å². The van der Waals surface area contributed by atoms with E-state index in [2.05, 4.69) is 53.0 Å². The molecule has 1 aliphatic rings. The zero-order valence-corrected chi connectivity index (χ0v) is 14.9. The number of aromatic amines is 1. The fourth-order valence-electron chi connectivity index (χ4n) is 4.67. The fourth-order valence-corrected chi connectivity index (χ4v) is 4.67. The highest BCUT2D eigenvalue weighted by molar-refractivity contribution is 5.90. The Bertz CT molecular complexity index is 1120. The van der Waals surface area contributed by atoms with Gasteiger partial charge in [0.1, 0.15) is 6.29 Å². The molecular formula is C23H22N2O. The van der Waals surface area contributed by atoms with Gasteiger partial charge in [0.05, 0.1) is 5.52 Å². The summed E-state index contributed by atoms with van der Waals surface area (Å²) >= 11 is 0. The molecule has 0 fully saturated rings. The molecule has 2 aromatic heterocycles. The number of H-pyrrole nitrogens is 1. The van der Waals surface area contributed by atoms with E-state index in [1.807, 2.05) is 18.3 Å². The van der Waals surface area contributed by atoms with Crippen LogP contribution in [0.4, 0.5) is 0 Å². The number of aromatic nitrogens is 2. The average molecular weight is 342 g/mol. The number of nitrogens with one attached hydrogen (secondary N) is 1. The number of para-hydroxylation sites is 2. The molecule has 0 amide bonds. The van der Waals surface area contributed by atoms with Gasteiger partial charge in [0, 0.05) is 41.1 Å². The Labute approximate surface area is 152 Å². The maximum absolute atomic E-state index is 12.1. The van der Waals surface area contributed by atoms with Crippen LogP contribution in [0.2, 0.25) is 0 Å². The first-order chi connectivity index (χ1) is 12.8. The number of hydrogen-bond donors (Lipinski definition) is 1. The molecule has 0 spiro atoms. The zero-order valence-electron chi connectivity index (χ0n) is 14.9. The molecule has 3 nitrogen and oxygen atoms in total. The summed E-state index contributed by atoms with van der Waals surface area (Å²) in [7, 11) is 0. The van der Waals surface area contributed by atoms with E-state index in [1.165, 1.54) is 28.5 Å². The second-order valence-corrected chi connectivity index (χ2v) is 7.43. The number of carbonyl (C=O) groups is 1. The fraction of sp³-hybridized carbons (Fsp3) is 0.261. The minimum absolute atomic E-state index is 0.129. The quantitative estimate of drug-likeness (QED) is 0.511. The van der Waals surface area contributed by atoms with Crippen molar-refractivity contribution in [3.8, 4) is 0 Å². The van der Waals surface area contributed by atoms with Crippen LogP contribution in [0.5, 0.6) is 0 Å². The van der Waals surface area contributed by atoms with Gasteiger partial charge in [-0.15, -0.1) is 0 Å². The van der Waals surface area contributed by atoms with Crippen LogP contribution < -0.4 is 0 Å². The second-order valence-electron chi connectivity index (χ2n) is 7.43. The van der Waals surface area contributed by atoms with Crippen molar-refractivity contribution < 1.29 is 4.79 Å². The molecule has 1 aliphatic heterocycles. The molecule has 0 aliphatic carbocycles. The first kappa shape index (κ1) is 15.4. The van der Waals surface area contributed by atoms with Gasteiger partial charge in [-0.05, 0) is 41.5 Å². The summed E-state index contributed by atoms with van der Waals surface area (Å²) < 4.78 is 2.39. The lowest BCUT2D eigenvalue weighted by molar-refractivity contribution is -0.109. The Morgan fingerprint density at radius 3 is 2.81 bits per heavy atom. The van der Waals surface area contributed by atoms with Crippen molar-refractivity contribution in [1.29, 1.82) is 0 Å². The van der Waals surface area contributed by atoms with E-state index < -0.39 is 0 Å². The van der Waals surface area contributed by atoms with Crippen LogP contribution in [0, 0.1) is 0 Å². The topological polar surface area (TPSA) is 37.8 Å². The lowest BCUT2D eigenvalue weighted by atomic mass is 9.83. The molecule has 2 atom stereocenters. The lowest BCUT2D eigenvalue weighted by Gasteiger charge is -2.18. The molecule has 1 N–H and O–H groups in total. The Morgan fingerprint density at radius 2 is 1.92 bits per heavy atom. The van der Waals surface area contributed by atoms with Gasteiger partial charge in [0.2, 0.25) is 0 Å². The minimum Gasteiger partial charge on any atom is -0.361 e. The van der Waals surface area contributed by atoms with Gasteiger partial charge in [-0.3, -0.25) is 0 Å². The third kappa shape index (κ3) is 2.16. The first-order valence-corrected chi connectivity index (χ1v) is 9.40. The van der Waals surface area contributed by atoms with Crippen molar-refractivity contribution in [2.45, 2.75) is 38.1 Å². The summed E-state index contributed by atoms with van der Waals surface area (Å²) in [6.07, 6.45) is 7.74. The third-order valence-corrected chi connectivity index (χ3v) is 6.01. The number of hydrogen-bond acceptors (Lipinski definition) is 1. The van der Waals surface area contributed by atoms with Crippen LogP contribution in [0.1, 0.15) is 41.9 Å². The summed E-state index contributed by atoms with van der Waals surface area (Å²) in [5.74, 6) is -0.0292. The minimum atomic E-state index is -0.158. The van der Waals surface area contributed by atoms with Crippen LogP contribution in [0.15, 0.2) is 54.9 Å². The van der Waals surface area contributed by atoms with Gasteiger partial charge in [0.15, 0.2) is 0 Å². The second kappa shape index (κ2) is 5.87. The molecule has 4 aromatic rings. The van der Waals surface area contributed by atoms with E-state index in [-0.39, 0.29) is 11.8 Å². The predicted molar refractivity (Wildman–Crippen MR) is 106 cm³/mol. The number of rotatable bonds is 4. The largest absolute Gasteiger partial charge is 0.361 e. The van der Waals surface area contributed by atoms with Crippen LogP contribution in [0.25, 0.3) is 21.8 Å². The van der Waals surface area contributed by atoms with Crippen molar-refractivity contribution in [1.82, 2.24) is 9.55 Å². The average Bonchev–Trinajstić information content (AvgIpc) is 3.27. The number of fused-ring (bicyclic) bond motifs is 1. The van der Waals surface area contributed by atoms with E-state index in [0.29, 0.717) is 0 Å². The summed E-state index contributed by atoms with van der Waals surface area (Å²) in [4.78, 5) is 15.5. The van der Waals surface area contributed by atoms with Crippen LogP contribution in [0.3, 0.4) is 0 Å². The molecule has 3 heteroatoms. The number of nitrogens with zero attached hydrogens (tertiary/aromatic N) is 1. The Morgan fingerprint density at radius 1 is 1.08 bits per heavy atom. The van der Waals surface area contributed by atoms with Gasteiger partial charge < -0.3 is 14.3 Å². The normalized spacial score (nSPS) is 16.0. The highest BCUT2D eigenvalue weighted by Crippen LogP contribution is 2.40. The Hall–Kier alpha value is -2.81. The summed E-state index contributed by atoms with van der Waals surface area (Å²) in [6.45, 7) is 3.25. The maximum Gasteiger partial charge on any atom is 0.128 e. The molecule has 3 heterocycles. The number of carbonyl (C=O) groups excluding carboxylic acids is 1. The van der Waals surface area contributed by atoms with Crippen LogP contribution in [-0.2, 0) is 17.8 Å². The van der Waals surface area contributed by atoms with Gasteiger partial charge in [0.25, 0.3) is 0 Å². The van der Waals surface area contributed by atoms with Crippen LogP contribution >= 0.6 is 0 Å². The summed E-state index contributed by atoms with van der Waals surface area (Å²) in [5.41, 5.74) is 6.26. The number of benzene rings is 2. The highest BCUT2D eigenvalue weighted by atomic mass is 16.1. The molecular weight excluding hydrogens is 320 g/mol. The van der Waals surface area contributed by atoms with Crippen molar-refractivity contribution >= 4 is 28.1 Å². The highest BCUT2D eigenvalue weighted by Gasteiger charge is 2.27. The molecule has 26 heavy (non-hydrogen) atoms. The first-order valence-electron chi connectivity index (χ1n) is 9.40. The Kier molecular flexibility index (Phi) is 3.49. The van der Waals surface area contributed by atoms with Gasteiger partial charge in [-0.1, -0.05) is 43.3 Å². The smallest absolute Gasteiger partial charge is 0.128 e. The van der Waals surface area contributed by atoms with E-state index in [0.717, 1.165) is 35.7 Å². The van der Waals surface area contributed by atoms with Crippen LogP contribution in [-0.4, -0.2) is 15.8 Å². The molecule has 2 unspecified atom stereocenters. The maximum atomic E-state index is 12.1. The molecule has 0 radical (unpaired) electrons. The van der Waals surface area contributed by atoms with Crippen molar-refractivity contribution in [3.63, 3.8) is 0 Å². The molecule has 130 valence electrons. The van der Waals surface area contributed by atoms with Gasteiger partial charge in [-0.25, -0.2) is 0 Å². The van der Waals surface area contributed by atoms with Crippen molar-refractivity contribution in [3.05, 3.63) is 71.5 Å². The zero-order chi connectivity index (χ0) is 17.7. The number of aryl methyl sites for hydroxylation is 2. The van der Waals surface area contributed by atoms with E-state index in [1.54, 1.807) is 0 Å². The SMILES string of the molecule is CC(c1cn2c3c(cccc13)CCC2)C(C=O)c1c[nH]c2ccccc12. The number of aldehydes is 1. The molecule has 0 saturated heterocycles. The Balaban J connectivity index is 1.65. The standard InChI is InChI=1S/C23H22N2O/c1-15(21(14-26)19-12-24-22-10-3-2-8-17(19)22)20-13-25-11-5-7-16-6-4-9-18(20)23(16)25/h2-4,6,8-10,12-15,21,24H,5,7,11H2,1H3. The summed E-state index contributed by atoms with van der Waals surface area (Å²) in [6, 6.07) is 14.8.